The summed E-state index contributed by atoms with van der Waals surface area (Å²) in [5.74, 6) is 6.63. The SMILES string of the molecule is CC(NC(=O)c1c(N)nn2c1NCC=C2)c1nc2cccc(C#Cc3ccncc3)c2c(=O)n1Nc1ccccc1. The van der Waals surface area contributed by atoms with Crippen molar-refractivity contribution in [2.75, 3.05) is 23.0 Å². The number of anilines is 3. The lowest BCUT2D eigenvalue weighted by molar-refractivity contribution is 0.0939. The van der Waals surface area contributed by atoms with Gasteiger partial charge in [0, 0.05) is 36.3 Å². The fourth-order valence-corrected chi connectivity index (χ4v) is 4.56. The van der Waals surface area contributed by atoms with Crippen LogP contribution in [0, 0.1) is 11.8 Å². The van der Waals surface area contributed by atoms with E-state index in [2.05, 4.69) is 38.0 Å². The monoisotopic (exact) mass is 543 g/mol. The molecule has 0 fully saturated rings. The molecule has 1 aliphatic rings. The van der Waals surface area contributed by atoms with Gasteiger partial charge in [0.2, 0.25) is 0 Å². The molecule has 0 aliphatic carbocycles. The van der Waals surface area contributed by atoms with Gasteiger partial charge in [-0.2, -0.15) is 0 Å². The molecule has 0 saturated carbocycles. The molecule has 0 bridgehead atoms. The zero-order valence-electron chi connectivity index (χ0n) is 22.0. The third kappa shape index (κ3) is 4.97. The topological polar surface area (TPSA) is 145 Å². The molecule has 1 amide bonds. The number of amides is 1. The van der Waals surface area contributed by atoms with Gasteiger partial charge in [0.25, 0.3) is 11.5 Å². The van der Waals surface area contributed by atoms with E-state index in [0.29, 0.717) is 40.3 Å². The minimum atomic E-state index is -0.698. The summed E-state index contributed by atoms with van der Waals surface area (Å²) >= 11 is 0. The first kappa shape index (κ1) is 25.4. The lowest BCUT2D eigenvalue weighted by Gasteiger charge is -2.21. The van der Waals surface area contributed by atoms with Crippen LogP contribution < -0.4 is 27.4 Å². The Labute approximate surface area is 234 Å². The molecule has 0 spiro atoms. The molecule has 0 saturated heterocycles. The molecule has 4 heterocycles. The maximum Gasteiger partial charge on any atom is 0.281 e. The van der Waals surface area contributed by atoms with Gasteiger partial charge in [-0.3, -0.25) is 20.0 Å². The number of pyridine rings is 1. The average molecular weight is 544 g/mol. The van der Waals surface area contributed by atoms with Crippen LogP contribution in [0.3, 0.4) is 0 Å². The standard InChI is InChI=1S/C30H25N9O2/c1-19(34-29(40)25-26(31)37-38-18-6-15-33-28(25)38)27-35-23-10-5-7-21(12-11-20-13-16-32-17-14-20)24(23)30(41)39(27)36-22-8-3-2-4-9-22/h2-10,13-14,16-19,33,36H,15H2,1H3,(H2,31,37)(H,34,40). The van der Waals surface area contributed by atoms with Gasteiger partial charge >= 0.3 is 0 Å². The first-order chi connectivity index (χ1) is 20.0. The molecule has 0 radical (unpaired) electrons. The summed E-state index contributed by atoms with van der Waals surface area (Å²) in [7, 11) is 0. The number of fused-ring (bicyclic) bond motifs is 2. The number of benzene rings is 2. The number of nitrogen functional groups attached to an aromatic ring is 1. The zero-order valence-corrected chi connectivity index (χ0v) is 22.0. The first-order valence-corrected chi connectivity index (χ1v) is 12.9. The average Bonchev–Trinajstić information content (AvgIpc) is 3.34. The zero-order chi connectivity index (χ0) is 28.3. The Morgan fingerprint density at radius 2 is 1.88 bits per heavy atom. The van der Waals surface area contributed by atoms with E-state index >= 15 is 0 Å². The van der Waals surface area contributed by atoms with E-state index in [9.17, 15) is 9.59 Å². The fourth-order valence-electron chi connectivity index (χ4n) is 4.56. The number of para-hydroxylation sites is 1. The molecule has 5 aromatic rings. The van der Waals surface area contributed by atoms with Crippen LogP contribution in [0.15, 0.2) is 83.9 Å². The van der Waals surface area contributed by atoms with Crippen LogP contribution in [0.2, 0.25) is 0 Å². The van der Waals surface area contributed by atoms with Crippen LogP contribution in [-0.4, -0.2) is 36.9 Å². The second-order valence-corrected chi connectivity index (χ2v) is 9.29. The molecule has 2 aromatic carbocycles. The summed E-state index contributed by atoms with van der Waals surface area (Å²) in [4.78, 5) is 36.3. The molecule has 202 valence electrons. The number of carbonyl (C=O) groups is 1. The molecule has 1 aliphatic heterocycles. The molecule has 3 aromatic heterocycles. The number of nitrogens with one attached hydrogen (secondary N) is 3. The van der Waals surface area contributed by atoms with Gasteiger partial charge in [-0.1, -0.05) is 36.1 Å². The van der Waals surface area contributed by atoms with Gasteiger partial charge in [-0.15, -0.1) is 5.10 Å². The summed E-state index contributed by atoms with van der Waals surface area (Å²) in [6, 6.07) is 17.5. The quantitative estimate of drug-likeness (QED) is 0.247. The molecule has 1 atom stereocenters. The summed E-state index contributed by atoms with van der Waals surface area (Å²) in [6.07, 6.45) is 6.93. The molecule has 11 nitrogen and oxygen atoms in total. The van der Waals surface area contributed by atoms with Crippen molar-refractivity contribution in [3.63, 3.8) is 0 Å². The lowest BCUT2D eigenvalue weighted by Crippen LogP contribution is -2.37. The van der Waals surface area contributed by atoms with Crippen molar-refractivity contribution in [1.29, 1.82) is 0 Å². The number of hydrogen-bond acceptors (Lipinski definition) is 8. The van der Waals surface area contributed by atoms with Crippen molar-refractivity contribution in [3.05, 3.63) is 112 Å². The smallest absolute Gasteiger partial charge is 0.281 e. The highest BCUT2D eigenvalue weighted by atomic mass is 16.2. The molecular weight excluding hydrogens is 518 g/mol. The van der Waals surface area contributed by atoms with Crippen molar-refractivity contribution in [1.82, 2.24) is 29.7 Å². The predicted molar refractivity (Wildman–Crippen MR) is 158 cm³/mol. The number of nitrogens with zero attached hydrogens (tertiary/aromatic N) is 5. The van der Waals surface area contributed by atoms with Gasteiger partial charge in [0.05, 0.1) is 22.6 Å². The summed E-state index contributed by atoms with van der Waals surface area (Å²) in [6.45, 7) is 2.29. The van der Waals surface area contributed by atoms with Crippen molar-refractivity contribution < 1.29 is 4.79 Å². The summed E-state index contributed by atoms with van der Waals surface area (Å²) < 4.78 is 2.87. The Morgan fingerprint density at radius 1 is 1.07 bits per heavy atom. The first-order valence-electron chi connectivity index (χ1n) is 12.9. The maximum absolute atomic E-state index is 14.1. The molecule has 1 unspecified atom stereocenters. The third-order valence-electron chi connectivity index (χ3n) is 6.49. The van der Waals surface area contributed by atoms with E-state index in [-0.39, 0.29) is 16.9 Å². The van der Waals surface area contributed by atoms with Gasteiger partial charge in [-0.25, -0.2) is 14.3 Å². The molecular formula is C30H25N9O2. The number of nitrogens with two attached hydrogens (primary N) is 1. The number of rotatable bonds is 5. The molecule has 11 heteroatoms. The molecule has 5 N–H and O–H groups in total. The summed E-state index contributed by atoms with van der Waals surface area (Å²) in [5, 5.41) is 10.6. The van der Waals surface area contributed by atoms with Gasteiger partial charge in [0.15, 0.2) is 11.6 Å². The minimum absolute atomic E-state index is 0.0902. The largest absolute Gasteiger partial charge is 0.381 e. The van der Waals surface area contributed by atoms with Gasteiger partial charge < -0.3 is 16.4 Å². The Kier molecular flexibility index (Phi) is 6.63. The van der Waals surface area contributed by atoms with Crippen molar-refractivity contribution in [2.24, 2.45) is 0 Å². The van der Waals surface area contributed by atoms with Crippen molar-refractivity contribution in [3.8, 4) is 11.8 Å². The third-order valence-corrected chi connectivity index (χ3v) is 6.49. The van der Waals surface area contributed by atoms with E-state index in [1.54, 1.807) is 55.8 Å². The van der Waals surface area contributed by atoms with E-state index in [1.165, 1.54) is 9.36 Å². The highest BCUT2D eigenvalue weighted by Crippen LogP contribution is 2.25. The van der Waals surface area contributed by atoms with Crippen LogP contribution in [0.1, 0.15) is 40.3 Å². The second kappa shape index (κ2) is 10.7. The molecule has 6 rings (SSSR count). The van der Waals surface area contributed by atoms with Crippen molar-refractivity contribution >= 4 is 40.3 Å². The Balaban J connectivity index is 1.44. The van der Waals surface area contributed by atoms with Gasteiger partial charge in [-0.05, 0) is 49.4 Å². The van der Waals surface area contributed by atoms with E-state index in [4.69, 9.17) is 10.7 Å². The fraction of sp³-hybridized carbons (Fsp3) is 0.100. The van der Waals surface area contributed by atoms with Crippen LogP contribution in [-0.2, 0) is 0 Å². The van der Waals surface area contributed by atoms with Crippen LogP contribution in [0.4, 0.5) is 17.3 Å². The Morgan fingerprint density at radius 3 is 2.68 bits per heavy atom. The molecule has 41 heavy (non-hydrogen) atoms. The predicted octanol–water partition coefficient (Wildman–Crippen LogP) is 3.23. The highest BCUT2D eigenvalue weighted by molar-refractivity contribution is 6.04. The normalized spacial score (nSPS) is 12.5. The number of hydrogen-bond donors (Lipinski definition) is 4. The van der Waals surface area contributed by atoms with E-state index in [0.717, 1.165) is 5.56 Å². The maximum atomic E-state index is 14.1. The summed E-state index contributed by atoms with van der Waals surface area (Å²) in [5.41, 5.74) is 11.5. The number of aromatic nitrogens is 5. The van der Waals surface area contributed by atoms with Crippen LogP contribution >= 0.6 is 0 Å². The van der Waals surface area contributed by atoms with Crippen LogP contribution in [0.25, 0.3) is 17.1 Å². The second-order valence-electron chi connectivity index (χ2n) is 9.29. The highest BCUT2D eigenvalue weighted by Gasteiger charge is 2.26. The Hall–Kier alpha value is -5.89. The van der Waals surface area contributed by atoms with E-state index < -0.39 is 11.9 Å². The van der Waals surface area contributed by atoms with Crippen molar-refractivity contribution in [2.45, 2.75) is 13.0 Å². The minimum Gasteiger partial charge on any atom is -0.381 e. The Bertz CT molecular complexity index is 1920. The van der Waals surface area contributed by atoms with E-state index in [1.807, 2.05) is 36.4 Å². The number of carbonyl (C=O) groups excluding carboxylic acids is 1. The van der Waals surface area contributed by atoms with Gasteiger partial charge in [0.1, 0.15) is 11.4 Å². The lowest BCUT2D eigenvalue weighted by atomic mass is 10.1. The van der Waals surface area contributed by atoms with Crippen LogP contribution in [0.5, 0.6) is 0 Å².